The van der Waals surface area contributed by atoms with Crippen molar-refractivity contribution in [3.8, 4) is 17.1 Å². The Labute approximate surface area is 106 Å². The number of nitro groups is 1. The van der Waals surface area contributed by atoms with Crippen LogP contribution in [0.15, 0.2) is 36.7 Å². The van der Waals surface area contributed by atoms with Crippen LogP contribution in [0.4, 0.5) is 5.69 Å². The average Bonchev–Trinajstić information content (AvgIpc) is 2.81. The van der Waals surface area contributed by atoms with Crippen LogP contribution in [-0.2, 0) is 0 Å². The van der Waals surface area contributed by atoms with Crippen LogP contribution >= 0.6 is 0 Å². The maximum atomic E-state index is 10.6. The predicted octanol–water partition coefficient (Wildman–Crippen LogP) is 2.24. The van der Waals surface area contributed by atoms with E-state index >= 15 is 0 Å². The molecule has 0 saturated carbocycles. The van der Waals surface area contributed by atoms with E-state index in [1.54, 1.807) is 18.5 Å². The van der Waals surface area contributed by atoms with Crippen molar-refractivity contribution in [3.05, 3.63) is 46.8 Å². The van der Waals surface area contributed by atoms with Gasteiger partial charge < -0.3 is 10.1 Å². The summed E-state index contributed by atoms with van der Waals surface area (Å²) in [5, 5.41) is 20.2. The van der Waals surface area contributed by atoms with Gasteiger partial charge in [0.25, 0.3) is 0 Å². The summed E-state index contributed by atoms with van der Waals surface area (Å²) < 4.78 is 0. The lowest BCUT2D eigenvalue weighted by Gasteiger charge is -1.99. The highest BCUT2D eigenvalue weighted by molar-refractivity contribution is 5.78. The van der Waals surface area contributed by atoms with Gasteiger partial charge in [-0.2, -0.15) is 0 Å². The van der Waals surface area contributed by atoms with Crippen molar-refractivity contribution < 1.29 is 10.0 Å². The van der Waals surface area contributed by atoms with Gasteiger partial charge in [-0.25, -0.2) is 4.98 Å². The van der Waals surface area contributed by atoms with E-state index in [0.29, 0.717) is 11.4 Å². The van der Waals surface area contributed by atoms with Gasteiger partial charge in [-0.15, -0.1) is 0 Å². The first-order valence-electron chi connectivity index (χ1n) is 5.42. The second-order valence-corrected chi connectivity index (χ2v) is 3.94. The molecule has 2 heterocycles. The Bertz CT molecular complexity index is 748. The summed E-state index contributed by atoms with van der Waals surface area (Å²) in [4.78, 5) is 21.3. The summed E-state index contributed by atoms with van der Waals surface area (Å²) in [5.41, 5.74) is 1.74. The molecule has 2 N–H and O–H groups in total. The maximum Gasteiger partial charge on any atom is 0.310 e. The zero-order valence-corrected chi connectivity index (χ0v) is 9.57. The maximum absolute atomic E-state index is 10.6. The number of pyridine rings is 1. The number of nitrogens with one attached hydrogen (secondary N) is 1. The number of H-pyrrole nitrogens is 1. The van der Waals surface area contributed by atoms with Gasteiger partial charge in [0.15, 0.2) is 5.75 Å². The molecular formula is C12H8N4O3. The molecule has 1 aromatic carbocycles. The molecule has 94 valence electrons. The normalized spacial score (nSPS) is 10.7. The first-order valence-corrected chi connectivity index (χ1v) is 5.42. The molecule has 0 saturated heterocycles. The van der Waals surface area contributed by atoms with E-state index in [4.69, 9.17) is 0 Å². The smallest absolute Gasteiger partial charge is 0.310 e. The molecule has 0 bridgehead atoms. The third kappa shape index (κ3) is 1.86. The molecule has 0 aliphatic rings. The summed E-state index contributed by atoms with van der Waals surface area (Å²) in [5.74, 6) is 0.134. The molecule has 19 heavy (non-hydrogen) atoms. The van der Waals surface area contributed by atoms with Crippen LogP contribution in [0.25, 0.3) is 22.4 Å². The first kappa shape index (κ1) is 11.1. The molecule has 0 amide bonds. The zero-order valence-electron chi connectivity index (χ0n) is 9.57. The summed E-state index contributed by atoms with van der Waals surface area (Å²) in [6, 6.07) is 5.84. The van der Waals surface area contributed by atoms with E-state index < -0.39 is 4.92 Å². The Kier molecular flexibility index (Phi) is 2.38. The summed E-state index contributed by atoms with van der Waals surface area (Å²) >= 11 is 0. The van der Waals surface area contributed by atoms with Crippen molar-refractivity contribution in [1.82, 2.24) is 15.0 Å². The molecular weight excluding hydrogens is 248 g/mol. The van der Waals surface area contributed by atoms with Gasteiger partial charge in [0.05, 0.1) is 22.2 Å². The van der Waals surface area contributed by atoms with Crippen LogP contribution in [0, 0.1) is 10.1 Å². The van der Waals surface area contributed by atoms with Crippen molar-refractivity contribution in [2.24, 2.45) is 0 Å². The van der Waals surface area contributed by atoms with Crippen molar-refractivity contribution in [3.63, 3.8) is 0 Å². The minimum Gasteiger partial charge on any atom is -0.502 e. The van der Waals surface area contributed by atoms with E-state index in [2.05, 4.69) is 15.0 Å². The number of nitrogens with zero attached hydrogens (tertiary/aromatic N) is 3. The number of aromatic hydroxyl groups is 1. The number of hydrogen-bond donors (Lipinski definition) is 2. The van der Waals surface area contributed by atoms with Crippen LogP contribution < -0.4 is 0 Å². The minimum atomic E-state index is -0.637. The standard InChI is InChI=1S/C12H8N4O3/c17-11-5-7(1-2-10(11)16(18)19)12-14-8-3-4-13-6-9(8)15-12/h1-6,17H,(H,14,15). The number of imidazole rings is 1. The van der Waals surface area contributed by atoms with Gasteiger partial charge in [0, 0.05) is 17.8 Å². The monoisotopic (exact) mass is 256 g/mol. The number of aromatic nitrogens is 3. The second-order valence-electron chi connectivity index (χ2n) is 3.94. The second kappa shape index (κ2) is 4.05. The fraction of sp³-hybridized carbons (Fsp3) is 0. The molecule has 0 fully saturated rings. The minimum absolute atomic E-state index is 0.332. The molecule has 0 aliphatic heterocycles. The fourth-order valence-corrected chi connectivity index (χ4v) is 1.82. The molecule has 0 radical (unpaired) electrons. The summed E-state index contributed by atoms with van der Waals surface area (Å²) in [6.07, 6.45) is 3.26. The molecule has 2 aromatic heterocycles. The van der Waals surface area contributed by atoms with Gasteiger partial charge in [0.1, 0.15) is 5.82 Å². The van der Waals surface area contributed by atoms with Crippen LogP contribution in [0.3, 0.4) is 0 Å². The molecule has 7 nitrogen and oxygen atoms in total. The number of aromatic amines is 1. The van der Waals surface area contributed by atoms with Crippen molar-refractivity contribution in [2.75, 3.05) is 0 Å². The molecule has 3 rings (SSSR count). The number of nitro benzene ring substituents is 1. The van der Waals surface area contributed by atoms with Crippen molar-refractivity contribution in [2.45, 2.75) is 0 Å². The van der Waals surface area contributed by atoms with Crippen molar-refractivity contribution in [1.29, 1.82) is 0 Å². The Morgan fingerprint density at radius 2 is 2.16 bits per heavy atom. The first-order chi connectivity index (χ1) is 9.15. The molecule has 0 aliphatic carbocycles. The van der Waals surface area contributed by atoms with Gasteiger partial charge in [-0.05, 0) is 18.2 Å². The highest BCUT2D eigenvalue weighted by Gasteiger charge is 2.15. The van der Waals surface area contributed by atoms with E-state index in [1.165, 1.54) is 18.2 Å². The van der Waals surface area contributed by atoms with Crippen LogP contribution in [0.2, 0.25) is 0 Å². The molecule has 0 unspecified atom stereocenters. The topological polar surface area (TPSA) is 105 Å². The lowest BCUT2D eigenvalue weighted by atomic mass is 10.2. The van der Waals surface area contributed by atoms with Crippen LogP contribution in [0.5, 0.6) is 5.75 Å². The van der Waals surface area contributed by atoms with Gasteiger partial charge in [-0.3, -0.25) is 15.1 Å². The Morgan fingerprint density at radius 1 is 1.32 bits per heavy atom. The largest absolute Gasteiger partial charge is 0.502 e. The highest BCUT2D eigenvalue weighted by Crippen LogP contribution is 2.30. The van der Waals surface area contributed by atoms with Gasteiger partial charge >= 0.3 is 5.69 Å². The van der Waals surface area contributed by atoms with E-state index in [9.17, 15) is 15.2 Å². The van der Waals surface area contributed by atoms with Crippen molar-refractivity contribution >= 4 is 16.7 Å². The van der Waals surface area contributed by atoms with Crippen LogP contribution in [0.1, 0.15) is 0 Å². The quantitative estimate of drug-likeness (QED) is 0.540. The lowest BCUT2D eigenvalue weighted by Crippen LogP contribution is -1.89. The number of benzene rings is 1. The number of hydrogen-bond acceptors (Lipinski definition) is 5. The Hall–Kier alpha value is -2.96. The zero-order chi connectivity index (χ0) is 13.4. The number of phenols is 1. The summed E-state index contributed by atoms with van der Waals surface area (Å²) in [7, 11) is 0. The number of fused-ring (bicyclic) bond motifs is 1. The number of rotatable bonds is 2. The lowest BCUT2D eigenvalue weighted by molar-refractivity contribution is -0.385. The SMILES string of the molecule is O=[N+]([O-])c1ccc(-c2nc3ccncc3[nH]2)cc1O. The third-order valence-corrected chi connectivity index (χ3v) is 2.73. The van der Waals surface area contributed by atoms with Gasteiger partial charge in [0.2, 0.25) is 0 Å². The Balaban J connectivity index is 2.11. The molecule has 0 atom stereocenters. The van der Waals surface area contributed by atoms with E-state index in [0.717, 1.165) is 11.0 Å². The number of phenolic OH excluding ortho intramolecular Hbond substituents is 1. The summed E-state index contributed by atoms with van der Waals surface area (Å²) in [6.45, 7) is 0. The predicted molar refractivity (Wildman–Crippen MR) is 67.6 cm³/mol. The van der Waals surface area contributed by atoms with E-state index in [-0.39, 0.29) is 11.4 Å². The van der Waals surface area contributed by atoms with E-state index in [1.807, 2.05) is 0 Å². The van der Waals surface area contributed by atoms with Crippen LogP contribution in [-0.4, -0.2) is 25.0 Å². The highest BCUT2D eigenvalue weighted by atomic mass is 16.6. The average molecular weight is 256 g/mol. The van der Waals surface area contributed by atoms with Gasteiger partial charge in [-0.1, -0.05) is 0 Å². The molecule has 3 aromatic rings. The molecule has 7 heteroatoms. The fourth-order valence-electron chi connectivity index (χ4n) is 1.82. The third-order valence-electron chi connectivity index (χ3n) is 2.73. The molecule has 0 spiro atoms. The Morgan fingerprint density at radius 3 is 2.84 bits per heavy atom.